The second-order valence-corrected chi connectivity index (χ2v) is 7.06. The third-order valence-corrected chi connectivity index (χ3v) is 5.27. The number of benzene rings is 1. The number of rotatable bonds is 5. The van der Waals surface area contributed by atoms with Gasteiger partial charge in [-0.05, 0) is 55.5 Å². The largest absolute Gasteiger partial charge is 0.357 e. The number of aromatic nitrogens is 6. The lowest BCUT2D eigenvalue weighted by molar-refractivity contribution is 0.783. The molecule has 0 spiro atoms. The number of hydrogen-bond acceptors (Lipinski definition) is 7. The minimum Gasteiger partial charge on any atom is -0.357 e. The number of nitrogens with zero attached hydrogens (tertiary/aromatic N) is 6. The molecule has 1 aliphatic carbocycles. The van der Waals surface area contributed by atoms with Gasteiger partial charge in [0.05, 0.1) is 6.20 Å². The van der Waals surface area contributed by atoms with Gasteiger partial charge < -0.3 is 15.2 Å². The smallest absolute Gasteiger partial charge is 0.229 e. The highest BCUT2D eigenvalue weighted by Gasteiger charge is 2.16. The van der Waals surface area contributed by atoms with E-state index in [1.165, 1.54) is 24.0 Å². The molecule has 0 radical (unpaired) electrons. The van der Waals surface area contributed by atoms with Gasteiger partial charge in [0.1, 0.15) is 11.2 Å². The van der Waals surface area contributed by atoms with Crippen LogP contribution in [-0.2, 0) is 19.4 Å². The normalized spacial score (nSPS) is 12.9. The minimum atomic E-state index is 0.558. The maximum absolute atomic E-state index is 4.74. The van der Waals surface area contributed by atoms with E-state index in [1.807, 2.05) is 10.6 Å². The van der Waals surface area contributed by atoms with E-state index < -0.39 is 0 Å². The Balaban J connectivity index is 1.53. The Morgan fingerprint density at radius 1 is 1.00 bits per heavy atom. The minimum absolute atomic E-state index is 0.558. The van der Waals surface area contributed by atoms with Crippen LogP contribution in [0.25, 0.3) is 22.7 Å². The number of aryl methyl sites for hydroxylation is 3. The highest BCUT2D eigenvalue weighted by Crippen LogP contribution is 2.27. The second-order valence-electron chi connectivity index (χ2n) is 7.06. The number of fused-ring (bicyclic) bond motifs is 2. The SMILES string of the molecule is CCn1c(-c2ccnc(NC)n2)nc2cnc(Nc3ccc4c(c3)CCC4)nc21. The topological polar surface area (TPSA) is 93.4 Å². The van der Waals surface area contributed by atoms with Crippen LogP contribution in [0, 0.1) is 0 Å². The van der Waals surface area contributed by atoms with Gasteiger partial charge in [0.2, 0.25) is 11.9 Å². The van der Waals surface area contributed by atoms with Gasteiger partial charge in [-0.3, -0.25) is 0 Å². The van der Waals surface area contributed by atoms with Crippen molar-refractivity contribution < 1.29 is 0 Å². The summed E-state index contributed by atoms with van der Waals surface area (Å²) in [5.41, 5.74) is 6.16. The summed E-state index contributed by atoms with van der Waals surface area (Å²) < 4.78 is 2.05. The molecule has 2 N–H and O–H groups in total. The lowest BCUT2D eigenvalue weighted by Crippen LogP contribution is -2.03. The number of nitrogens with one attached hydrogen (secondary N) is 2. The molecule has 146 valence electrons. The van der Waals surface area contributed by atoms with Gasteiger partial charge in [0.25, 0.3) is 0 Å². The van der Waals surface area contributed by atoms with Crippen molar-refractivity contribution in [3.63, 3.8) is 0 Å². The Bertz CT molecular complexity index is 1200. The summed E-state index contributed by atoms with van der Waals surface area (Å²) in [6.45, 7) is 2.79. The first kappa shape index (κ1) is 17.5. The van der Waals surface area contributed by atoms with Crippen molar-refractivity contribution in [1.29, 1.82) is 0 Å². The van der Waals surface area contributed by atoms with Gasteiger partial charge in [-0.2, -0.15) is 4.98 Å². The first-order valence-electron chi connectivity index (χ1n) is 9.88. The summed E-state index contributed by atoms with van der Waals surface area (Å²) in [6, 6.07) is 8.36. The van der Waals surface area contributed by atoms with Crippen molar-refractivity contribution in [1.82, 2.24) is 29.5 Å². The Kier molecular flexibility index (Phi) is 4.31. The van der Waals surface area contributed by atoms with Crippen LogP contribution in [0.15, 0.2) is 36.7 Å². The lowest BCUT2D eigenvalue weighted by Gasteiger charge is -2.08. The molecule has 0 atom stereocenters. The van der Waals surface area contributed by atoms with Crippen LogP contribution < -0.4 is 10.6 Å². The number of anilines is 3. The molecule has 0 aliphatic heterocycles. The quantitative estimate of drug-likeness (QED) is 0.541. The molecule has 4 aromatic rings. The van der Waals surface area contributed by atoms with E-state index >= 15 is 0 Å². The van der Waals surface area contributed by atoms with Crippen molar-refractivity contribution >= 4 is 28.7 Å². The molecule has 8 heteroatoms. The van der Waals surface area contributed by atoms with E-state index in [-0.39, 0.29) is 0 Å². The Labute approximate surface area is 168 Å². The van der Waals surface area contributed by atoms with Gasteiger partial charge in [-0.1, -0.05) is 6.07 Å². The summed E-state index contributed by atoms with van der Waals surface area (Å²) in [7, 11) is 1.80. The average Bonchev–Trinajstić information content (AvgIpc) is 3.37. The van der Waals surface area contributed by atoms with Gasteiger partial charge >= 0.3 is 0 Å². The standard InChI is InChI=1S/C21H22N8/c1-3-29-18(16-9-10-23-20(22-2)27-16)26-17-12-24-21(28-19(17)29)25-15-8-7-13-5-4-6-14(13)11-15/h7-12H,3-6H2,1-2H3,(H,22,23,27)(H,24,25,28). The summed E-state index contributed by atoms with van der Waals surface area (Å²) in [6.07, 6.45) is 7.03. The Hall–Kier alpha value is -3.55. The second kappa shape index (κ2) is 7.12. The highest BCUT2D eigenvalue weighted by atomic mass is 15.2. The molecule has 1 aromatic carbocycles. The lowest BCUT2D eigenvalue weighted by atomic mass is 10.1. The molecule has 3 heterocycles. The first-order valence-corrected chi connectivity index (χ1v) is 9.88. The van der Waals surface area contributed by atoms with Crippen LogP contribution in [-0.4, -0.2) is 36.5 Å². The predicted octanol–water partition coefficient (Wildman–Crippen LogP) is 3.58. The van der Waals surface area contributed by atoms with E-state index in [1.54, 1.807) is 19.4 Å². The summed E-state index contributed by atoms with van der Waals surface area (Å²) >= 11 is 0. The molecule has 0 bridgehead atoms. The van der Waals surface area contributed by atoms with E-state index in [0.717, 1.165) is 41.3 Å². The van der Waals surface area contributed by atoms with Crippen molar-refractivity contribution in [2.45, 2.75) is 32.7 Å². The Morgan fingerprint density at radius 2 is 1.90 bits per heavy atom. The zero-order valence-electron chi connectivity index (χ0n) is 16.5. The summed E-state index contributed by atoms with van der Waals surface area (Å²) in [5, 5.41) is 6.31. The molecule has 29 heavy (non-hydrogen) atoms. The molecule has 0 saturated carbocycles. The van der Waals surface area contributed by atoms with Crippen LogP contribution in [0.3, 0.4) is 0 Å². The zero-order chi connectivity index (χ0) is 19.8. The number of imidazole rings is 1. The Morgan fingerprint density at radius 3 is 2.76 bits per heavy atom. The van der Waals surface area contributed by atoms with E-state index in [9.17, 15) is 0 Å². The molecule has 0 saturated heterocycles. The van der Waals surface area contributed by atoms with Crippen LogP contribution in [0.5, 0.6) is 0 Å². The molecule has 1 aliphatic rings. The van der Waals surface area contributed by atoms with Crippen LogP contribution in [0.2, 0.25) is 0 Å². The fraction of sp³-hybridized carbons (Fsp3) is 0.286. The molecular weight excluding hydrogens is 364 g/mol. The molecule has 0 fully saturated rings. The molecule has 0 amide bonds. The highest BCUT2D eigenvalue weighted by molar-refractivity contribution is 5.77. The molecule has 8 nitrogen and oxygen atoms in total. The van der Waals surface area contributed by atoms with E-state index in [4.69, 9.17) is 9.97 Å². The van der Waals surface area contributed by atoms with Crippen LogP contribution >= 0.6 is 0 Å². The maximum Gasteiger partial charge on any atom is 0.229 e. The number of hydrogen-bond donors (Lipinski definition) is 2. The van der Waals surface area contributed by atoms with Crippen molar-refractivity contribution in [2.75, 3.05) is 17.7 Å². The van der Waals surface area contributed by atoms with Gasteiger partial charge in [-0.25, -0.2) is 19.9 Å². The fourth-order valence-electron chi connectivity index (χ4n) is 3.86. The first-order chi connectivity index (χ1) is 14.2. The summed E-state index contributed by atoms with van der Waals surface area (Å²) in [5.74, 6) is 1.88. The molecule has 5 rings (SSSR count). The van der Waals surface area contributed by atoms with Gasteiger partial charge in [0, 0.05) is 25.5 Å². The zero-order valence-corrected chi connectivity index (χ0v) is 16.5. The molecular formula is C21H22N8. The maximum atomic E-state index is 4.74. The van der Waals surface area contributed by atoms with Gasteiger partial charge in [0.15, 0.2) is 11.5 Å². The third kappa shape index (κ3) is 3.16. The monoisotopic (exact) mass is 386 g/mol. The van der Waals surface area contributed by atoms with Crippen LogP contribution in [0.4, 0.5) is 17.6 Å². The van der Waals surface area contributed by atoms with Gasteiger partial charge in [-0.15, -0.1) is 0 Å². The molecule has 0 unspecified atom stereocenters. The van der Waals surface area contributed by atoms with E-state index in [0.29, 0.717) is 11.9 Å². The van der Waals surface area contributed by atoms with Crippen molar-refractivity contribution in [3.8, 4) is 11.5 Å². The average molecular weight is 386 g/mol. The van der Waals surface area contributed by atoms with Crippen molar-refractivity contribution in [3.05, 3.63) is 47.8 Å². The van der Waals surface area contributed by atoms with E-state index in [2.05, 4.69) is 50.7 Å². The predicted molar refractivity (Wildman–Crippen MR) is 113 cm³/mol. The third-order valence-electron chi connectivity index (χ3n) is 5.27. The molecule has 3 aromatic heterocycles. The van der Waals surface area contributed by atoms with Crippen LogP contribution in [0.1, 0.15) is 24.5 Å². The summed E-state index contributed by atoms with van der Waals surface area (Å²) in [4.78, 5) is 22.6. The van der Waals surface area contributed by atoms with Crippen molar-refractivity contribution in [2.24, 2.45) is 0 Å². The fourth-order valence-corrected chi connectivity index (χ4v) is 3.86.